The minimum atomic E-state index is -4.65. The van der Waals surface area contributed by atoms with Crippen LogP contribution in [0.5, 0.6) is 0 Å². The first-order valence-electron chi connectivity index (χ1n) is 33.3. The lowest BCUT2D eigenvalue weighted by atomic mass is 9.97. The second-order valence-electron chi connectivity index (χ2n) is 26.7. The number of alkyl halides is 3. The fraction of sp³-hybridized carbons (Fsp3) is 0.571. The summed E-state index contributed by atoms with van der Waals surface area (Å²) in [5, 5.41) is 14.1. The van der Waals surface area contributed by atoms with Crippen molar-refractivity contribution in [2.75, 3.05) is 75.0 Å². The van der Waals surface area contributed by atoms with Gasteiger partial charge in [-0.3, -0.25) is 57.5 Å². The summed E-state index contributed by atoms with van der Waals surface area (Å²) in [7, 11) is 7.99. The van der Waals surface area contributed by atoms with Crippen LogP contribution in [-0.4, -0.2) is 229 Å². The van der Waals surface area contributed by atoms with Crippen LogP contribution < -0.4 is 26.6 Å². The number of amides is 12. The van der Waals surface area contributed by atoms with Crippen LogP contribution in [0.1, 0.15) is 116 Å². The van der Waals surface area contributed by atoms with Gasteiger partial charge in [-0.1, -0.05) is 114 Å². The number of benzene rings is 3. The SMILES string of the molecule is CC[C@H](C)[C@@H]1NC(=O)[C@H](C)N(C)C(=O)CC(C(=O)N2CCCC2)NC(=O)[C@H](CC(C)C)N(C)C(=O)[C@H](Cc2ccccc2)NC(=O)[C@H](CC(C)C)NC(=O)[C@H](CCc2ccc(C(F)(F)F)cc2)NC(=O)CN(C)C(=O)[C@H](Cc2ccc(Cl)cc2)N(C)C(=O)CN(C)C(=O)CN(C)C1=O. The molecule has 2 aliphatic rings. The number of aryl methyl sites for hydroxylation is 1. The largest absolute Gasteiger partial charge is 0.416 e. The summed E-state index contributed by atoms with van der Waals surface area (Å²) in [6.45, 7) is 10.9. The van der Waals surface area contributed by atoms with Crippen LogP contribution in [0.15, 0.2) is 78.9 Å². The number of likely N-dealkylation sites (tertiary alicyclic amines) is 1. The zero-order valence-corrected chi connectivity index (χ0v) is 59.3. The van der Waals surface area contributed by atoms with Crippen molar-refractivity contribution in [1.29, 1.82) is 0 Å². The van der Waals surface area contributed by atoms with Crippen LogP contribution >= 0.6 is 11.6 Å². The van der Waals surface area contributed by atoms with Gasteiger partial charge in [-0.05, 0) is 104 Å². The smallest absolute Gasteiger partial charge is 0.343 e. The Morgan fingerprint density at radius 1 is 0.541 bits per heavy atom. The van der Waals surface area contributed by atoms with Gasteiger partial charge in [-0.2, -0.15) is 13.2 Å². The van der Waals surface area contributed by atoms with E-state index in [0.29, 0.717) is 54.1 Å². The maximum atomic E-state index is 15.2. The molecule has 9 atom stereocenters. The van der Waals surface area contributed by atoms with E-state index in [2.05, 4.69) is 26.6 Å². The molecule has 28 heteroatoms. The Morgan fingerprint density at radius 3 is 1.67 bits per heavy atom. The van der Waals surface area contributed by atoms with Gasteiger partial charge in [0.1, 0.15) is 48.3 Å². The van der Waals surface area contributed by atoms with Crippen LogP contribution in [0.25, 0.3) is 0 Å². The third-order valence-corrected chi connectivity index (χ3v) is 18.3. The fourth-order valence-corrected chi connectivity index (χ4v) is 11.7. The second-order valence-corrected chi connectivity index (χ2v) is 27.2. The Bertz CT molecular complexity index is 3280. The molecule has 5 rings (SSSR count). The molecule has 12 amide bonds. The van der Waals surface area contributed by atoms with E-state index in [1.165, 1.54) is 66.2 Å². The van der Waals surface area contributed by atoms with Gasteiger partial charge in [-0.15, -0.1) is 0 Å². The van der Waals surface area contributed by atoms with Gasteiger partial charge in [-0.25, -0.2) is 0 Å². The Hall–Kier alpha value is -8.62. The lowest BCUT2D eigenvalue weighted by Crippen LogP contribution is -2.60. The number of rotatable bonds is 14. The van der Waals surface area contributed by atoms with E-state index in [-0.39, 0.29) is 50.4 Å². The van der Waals surface area contributed by atoms with E-state index >= 15 is 4.79 Å². The molecule has 0 aliphatic carbocycles. The van der Waals surface area contributed by atoms with Crippen LogP contribution in [0, 0.1) is 17.8 Å². The maximum absolute atomic E-state index is 15.2. The Morgan fingerprint density at radius 2 is 1.09 bits per heavy atom. The Kier molecular flexibility index (Phi) is 30.1. The zero-order valence-electron chi connectivity index (χ0n) is 58.5. The highest BCUT2D eigenvalue weighted by Crippen LogP contribution is 2.30. The number of hydrogen-bond acceptors (Lipinski definition) is 12. The molecular formula is C70H98ClF3N12O12. The molecule has 0 radical (unpaired) electrons. The molecule has 24 nitrogen and oxygen atoms in total. The molecule has 0 saturated carbocycles. The van der Waals surface area contributed by atoms with E-state index in [4.69, 9.17) is 11.6 Å². The normalized spacial score (nSPS) is 23.6. The predicted molar refractivity (Wildman–Crippen MR) is 362 cm³/mol. The molecule has 1 unspecified atom stereocenters. The van der Waals surface area contributed by atoms with Crippen molar-refractivity contribution in [2.24, 2.45) is 17.8 Å². The topological polar surface area (TPSA) is 288 Å². The van der Waals surface area contributed by atoms with Crippen LogP contribution in [0.2, 0.25) is 5.02 Å². The first kappa shape index (κ1) is 80.1. The highest BCUT2D eigenvalue weighted by Gasteiger charge is 2.41. The monoisotopic (exact) mass is 1390 g/mol. The van der Waals surface area contributed by atoms with Crippen molar-refractivity contribution in [3.05, 3.63) is 106 Å². The highest BCUT2D eigenvalue weighted by atomic mass is 35.5. The van der Waals surface area contributed by atoms with Gasteiger partial charge >= 0.3 is 6.18 Å². The van der Waals surface area contributed by atoms with Gasteiger partial charge in [0, 0.05) is 73.2 Å². The predicted octanol–water partition coefficient (Wildman–Crippen LogP) is 4.24. The Labute approximate surface area is 577 Å². The minimum absolute atomic E-state index is 0.0286. The molecule has 2 aliphatic heterocycles. The molecule has 0 bridgehead atoms. The van der Waals surface area contributed by atoms with E-state index in [0.717, 1.165) is 41.5 Å². The molecule has 3 aromatic carbocycles. The number of hydrogen-bond donors (Lipinski definition) is 5. The molecule has 0 spiro atoms. The molecule has 2 saturated heterocycles. The van der Waals surface area contributed by atoms with Crippen LogP contribution in [-0.2, 0) is 83.0 Å². The van der Waals surface area contributed by atoms with Crippen molar-refractivity contribution in [3.63, 3.8) is 0 Å². The first-order chi connectivity index (χ1) is 46.0. The lowest BCUT2D eigenvalue weighted by molar-refractivity contribution is -0.148. The van der Waals surface area contributed by atoms with Crippen molar-refractivity contribution in [3.8, 4) is 0 Å². The third-order valence-electron chi connectivity index (χ3n) is 18.0. The standard InChI is InChI=1S/C70H98ClF3N12O12/c1-14-44(6)61-69(98)82(10)40-59(89)80(8)41-60(90)84(12)56(37-48-24-29-50(71)30-25-48)68(97)81(9)39-57(87)75-51(31-26-46-22-27-49(28-23-46)70(72,73)74)63(92)76-52(34-42(2)3)64(93)77-53(36-47-20-16-15-17-21-47)66(95)85(13)55(35-43(4)5)65(94)78-54(67(96)86-32-18-19-33-86)38-58(88)83(11)45(7)62(91)79-61/h15-17,20-25,27-30,42-45,51-56,61H,14,18-19,26,31-41H2,1-13H3,(H,75,87)(H,76,92)(H,77,93)(H,78,94)(H,79,91)/t44-,45-,51-,52-,53-,54?,55-,56-,61-/m0/s1. The summed E-state index contributed by atoms with van der Waals surface area (Å²) >= 11 is 6.21. The first-order valence-corrected chi connectivity index (χ1v) is 33.6. The number of halogens is 4. The molecule has 2 fully saturated rings. The van der Waals surface area contributed by atoms with Crippen molar-refractivity contribution in [2.45, 2.75) is 167 Å². The van der Waals surface area contributed by atoms with Crippen molar-refractivity contribution < 1.29 is 70.7 Å². The number of nitrogens with zero attached hydrogens (tertiary/aromatic N) is 7. The zero-order chi connectivity index (χ0) is 73.0. The number of nitrogens with one attached hydrogen (secondary N) is 5. The molecule has 2 heterocycles. The average Bonchev–Trinajstić information content (AvgIpc) is 1.06. The van der Waals surface area contributed by atoms with E-state index in [1.54, 1.807) is 82.3 Å². The van der Waals surface area contributed by atoms with E-state index in [1.807, 2.05) is 13.8 Å². The van der Waals surface area contributed by atoms with Crippen LogP contribution in [0.3, 0.4) is 0 Å². The second kappa shape index (κ2) is 36.8. The molecular weight excluding hydrogens is 1290 g/mol. The molecule has 538 valence electrons. The van der Waals surface area contributed by atoms with Crippen molar-refractivity contribution >= 4 is 82.5 Å². The quantitative estimate of drug-likeness (QED) is 0.152. The van der Waals surface area contributed by atoms with Gasteiger partial charge in [0.15, 0.2) is 0 Å². The summed E-state index contributed by atoms with van der Waals surface area (Å²) in [4.78, 5) is 183. The molecule has 5 N–H and O–H groups in total. The molecule has 0 aromatic heterocycles. The summed E-state index contributed by atoms with van der Waals surface area (Å²) in [5.74, 6) is -10.2. The fourth-order valence-electron chi connectivity index (χ4n) is 11.6. The summed E-state index contributed by atoms with van der Waals surface area (Å²) in [6, 6.07) is 8.28. The maximum Gasteiger partial charge on any atom is 0.416 e. The molecule has 98 heavy (non-hydrogen) atoms. The van der Waals surface area contributed by atoms with Gasteiger partial charge in [0.05, 0.1) is 31.6 Å². The summed E-state index contributed by atoms with van der Waals surface area (Å²) in [5.41, 5.74) is 0.565. The summed E-state index contributed by atoms with van der Waals surface area (Å²) in [6.07, 6.45) is -4.15. The Balaban J connectivity index is 1.62. The van der Waals surface area contributed by atoms with Gasteiger partial charge in [0.25, 0.3) is 0 Å². The van der Waals surface area contributed by atoms with E-state index < -0.39 is 163 Å². The van der Waals surface area contributed by atoms with E-state index in [9.17, 15) is 65.9 Å². The highest BCUT2D eigenvalue weighted by molar-refractivity contribution is 6.30. The molecule has 3 aromatic rings. The minimum Gasteiger partial charge on any atom is -0.343 e. The number of carbonyl (C=O) groups excluding carboxylic acids is 12. The van der Waals surface area contributed by atoms with Gasteiger partial charge < -0.3 is 60.9 Å². The van der Waals surface area contributed by atoms with Crippen LogP contribution in [0.4, 0.5) is 13.2 Å². The number of carbonyl (C=O) groups is 12. The van der Waals surface area contributed by atoms with Gasteiger partial charge in [0.2, 0.25) is 70.9 Å². The number of likely N-dealkylation sites (N-methyl/N-ethyl adjacent to an activating group) is 6. The average molecular weight is 1390 g/mol. The third kappa shape index (κ3) is 23.3. The lowest BCUT2D eigenvalue weighted by Gasteiger charge is -2.34. The summed E-state index contributed by atoms with van der Waals surface area (Å²) < 4.78 is 41.0. The van der Waals surface area contributed by atoms with Crippen molar-refractivity contribution in [1.82, 2.24) is 60.9 Å².